The van der Waals surface area contributed by atoms with Crippen molar-refractivity contribution in [1.29, 1.82) is 0 Å². The van der Waals surface area contributed by atoms with Crippen LogP contribution in [0.2, 0.25) is 0 Å². The van der Waals surface area contributed by atoms with Crippen molar-refractivity contribution in [3.8, 4) is 5.69 Å². The zero-order valence-electron chi connectivity index (χ0n) is 18.0. The molecule has 2 fully saturated rings. The number of fused-ring (bicyclic) bond motifs is 2. The molecule has 9 heteroatoms. The molecule has 0 aliphatic carbocycles. The molecule has 2 aromatic rings. The van der Waals surface area contributed by atoms with Gasteiger partial charge in [-0.05, 0) is 63.8 Å². The summed E-state index contributed by atoms with van der Waals surface area (Å²) in [4.78, 5) is 4.45. The maximum atomic E-state index is 13.8. The normalized spacial score (nSPS) is 23.4. The van der Waals surface area contributed by atoms with E-state index in [2.05, 4.69) is 20.7 Å². The zero-order chi connectivity index (χ0) is 22.2. The summed E-state index contributed by atoms with van der Waals surface area (Å²) >= 11 is 0. The molecule has 1 aromatic heterocycles. The molecule has 6 nitrogen and oxygen atoms in total. The molecule has 4 rings (SSSR count). The third-order valence-electron chi connectivity index (χ3n) is 5.83. The summed E-state index contributed by atoms with van der Waals surface area (Å²) in [6.07, 6.45) is -1.06. The van der Waals surface area contributed by atoms with Crippen LogP contribution in [0.4, 0.5) is 13.2 Å². The summed E-state index contributed by atoms with van der Waals surface area (Å²) in [5.74, 6) is 0.513. The number of halogens is 3. The van der Waals surface area contributed by atoms with Crippen LogP contribution in [0.5, 0.6) is 0 Å². The Morgan fingerprint density at radius 3 is 2.65 bits per heavy atom. The van der Waals surface area contributed by atoms with Gasteiger partial charge in [-0.1, -0.05) is 6.07 Å². The monoisotopic (exact) mass is 435 g/mol. The number of hydrogen-bond acceptors (Lipinski definition) is 3. The maximum Gasteiger partial charge on any atom is 0.416 e. The van der Waals surface area contributed by atoms with Gasteiger partial charge in [-0.3, -0.25) is 0 Å². The number of alkyl halides is 3. The Balaban J connectivity index is 1.57. The van der Waals surface area contributed by atoms with E-state index in [0.29, 0.717) is 18.2 Å². The summed E-state index contributed by atoms with van der Waals surface area (Å²) in [5.41, 5.74) is 1.35. The first-order valence-electron chi connectivity index (χ1n) is 10.7. The minimum absolute atomic E-state index is 0.0801. The number of benzene rings is 1. The fourth-order valence-corrected chi connectivity index (χ4v) is 4.44. The van der Waals surface area contributed by atoms with Gasteiger partial charge in [-0.2, -0.15) is 18.3 Å². The fraction of sp³-hybridized carbons (Fsp3) is 0.545. The van der Waals surface area contributed by atoms with E-state index in [-0.39, 0.29) is 30.4 Å². The van der Waals surface area contributed by atoms with E-state index in [0.717, 1.165) is 36.7 Å². The Hall–Kier alpha value is -2.55. The number of aliphatic imine (C=N–C) groups is 1. The average Bonchev–Trinajstić information content (AvgIpc) is 3.41. The summed E-state index contributed by atoms with van der Waals surface area (Å²) in [5, 5.41) is 10.8. The number of nitrogens with zero attached hydrogens (tertiary/aromatic N) is 3. The molecular weight excluding hydrogens is 407 g/mol. The van der Waals surface area contributed by atoms with Crippen LogP contribution in [0, 0.1) is 13.8 Å². The molecule has 168 valence electrons. The van der Waals surface area contributed by atoms with Crippen LogP contribution in [-0.2, 0) is 17.5 Å². The number of nitrogens with one attached hydrogen (secondary N) is 2. The van der Waals surface area contributed by atoms with Gasteiger partial charge in [-0.25, -0.2) is 9.67 Å². The number of ether oxygens (including phenoxy) is 1. The molecular formula is C22H28F3N5O. The Labute approximate surface area is 179 Å². The molecule has 3 heterocycles. The zero-order valence-corrected chi connectivity index (χ0v) is 18.0. The van der Waals surface area contributed by atoms with Crippen molar-refractivity contribution < 1.29 is 17.9 Å². The second-order valence-electron chi connectivity index (χ2n) is 8.23. The van der Waals surface area contributed by atoms with E-state index in [1.807, 2.05) is 26.8 Å². The molecule has 2 N–H and O–H groups in total. The van der Waals surface area contributed by atoms with E-state index < -0.39 is 11.7 Å². The van der Waals surface area contributed by atoms with Crippen LogP contribution < -0.4 is 10.6 Å². The van der Waals surface area contributed by atoms with Crippen molar-refractivity contribution in [3.63, 3.8) is 0 Å². The standard InChI is InChI=1S/C22H28F3N5O/c1-4-26-21(28-19-11-17-7-8-20(19)31-17)27-12-15-5-6-16(10-18(15)22(23,24)25)30-14(3)9-13(2)29-30/h5-6,9-10,17,19-20H,4,7-8,11-12H2,1-3H3,(H2,26,27,28). The highest BCUT2D eigenvalue weighted by Crippen LogP contribution is 2.35. The molecule has 2 bridgehead atoms. The minimum Gasteiger partial charge on any atom is -0.373 e. The Bertz CT molecular complexity index is 969. The van der Waals surface area contributed by atoms with E-state index in [9.17, 15) is 13.2 Å². The molecule has 0 amide bonds. The lowest BCUT2D eigenvalue weighted by Gasteiger charge is -2.23. The first-order chi connectivity index (χ1) is 14.7. The van der Waals surface area contributed by atoms with E-state index >= 15 is 0 Å². The van der Waals surface area contributed by atoms with Crippen molar-refractivity contribution in [3.05, 3.63) is 46.8 Å². The van der Waals surface area contributed by atoms with Gasteiger partial charge in [0.05, 0.1) is 41.7 Å². The topological polar surface area (TPSA) is 63.5 Å². The summed E-state index contributed by atoms with van der Waals surface area (Å²) < 4.78 is 48.9. The van der Waals surface area contributed by atoms with Crippen LogP contribution in [0.3, 0.4) is 0 Å². The third-order valence-corrected chi connectivity index (χ3v) is 5.83. The van der Waals surface area contributed by atoms with Gasteiger partial charge in [-0.15, -0.1) is 0 Å². The van der Waals surface area contributed by atoms with Crippen LogP contribution in [-0.4, -0.2) is 40.5 Å². The molecule has 31 heavy (non-hydrogen) atoms. The molecule has 2 aliphatic heterocycles. The lowest BCUT2D eigenvalue weighted by atomic mass is 9.96. The van der Waals surface area contributed by atoms with Crippen LogP contribution in [0.15, 0.2) is 29.3 Å². The summed E-state index contributed by atoms with van der Waals surface area (Å²) in [6, 6.07) is 6.27. The van der Waals surface area contributed by atoms with Crippen LogP contribution in [0.25, 0.3) is 5.69 Å². The van der Waals surface area contributed by atoms with Gasteiger partial charge in [0.15, 0.2) is 5.96 Å². The Morgan fingerprint density at radius 1 is 1.26 bits per heavy atom. The average molecular weight is 435 g/mol. The Morgan fingerprint density at radius 2 is 2.06 bits per heavy atom. The van der Waals surface area contributed by atoms with Gasteiger partial charge < -0.3 is 15.4 Å². The number of guanidine groups is 1. The van der Waals surface area contributed by atoms with E-state index in [1.54, 1.807) is 6.07 Å². The first-order valence-corrected chi connectivity index (χ1v) is 10.7. The number of hydrogen-bond donors (Lipinski definition) is 2. The van der Waals surface area contributed by atoms with Crippen LogP contribution >= 0.6 is 0 Å². The molecule has 1 aromatic carbocycles. The highest BCUT2D eigenvalue weighted by Gasteiger charge is 2.41. The largest absolute Gasteiger partial charge is 0.416 e. The van der Waals surface area contributed by atoms with E-state index in [4.69, 9.17) is 4.74 Å². The summed E-state index contributed by atoms with van der Waals surface area (Å²) in [6.45, 7) is 6.10. The number of rotatable bonds is 5. The Kier molecular flexibility index (Phi) is 5.96. The van der Waals surface area contributed by atoms with Crippen molar-refractivity contribution in [2.24, 2.45) is 4.99 Å². The second kappa shape index (κ2) is 8.53. The first kappa shape index (κ1) is 21.7. The predicted molar refractivity (Wildman–Crippen MR) is 112 cm³/mol. The number of aryl methyl sites for hydroxylation is 2. The van der Waals surface area contributed by atoms with Gasteiger partial charge in [0.2, 0.25) is 0 Å². The van der Waals surface area contributed by atoms with Crippen molar-refractivity contribution in [2.45, 2.75) is 71.0 Å². The summed E-state index contributed by atoms with van der Waals surface area (Å²) in [7, 11) is 0. The second-order valence-corrected chi connectivity index (χ2v) is 8.23. The van der Waals surface area contributed by atoms with Gasteiger partial charge in [0.1, 0.15) is 0 Å². The highest BCUT2D eigenvalue weighted by molar-refractivity contribution is 5.80. The quantitative estimate of drug-likeness (QED) is 0.553. The molecule has 0 radical (unpaired) electrons. The molecule has 2 saturated heterocycles. The number of aromatic nitrogens is 2. The minimum atomic E-state index is -4.48. The molecule has 3 atom stereocenters. The predicted octanol–water partition coefficient (Wildman–Crippen LogP) is 3.88. The van der Waals surface area contributed by atoms with Crippen molar-refractivity contribution in [2.75, 3.05) is 6.54 Å². The van der Waals surface area contributed by atoms with Gasteiger partial charge in [0, 0.05) is 12.2 Å². The van der Waals surface area contributed by atoms with Crippen molar-refractivity contribution in [1.82, 2.24) is 20.4 Å². The van der Waals surface area contributed by atoms with Gasteiger partial charge in [0.25, 0.3) is 0 Å². The lowest BCUT2D eigenvalue weighted by molar-refractivity contribution is -0.138. The molecule has 3 unspecified atom stereocenters. The fourth-order valence-electron chi connectivity index (χ4n) is 4.44. The van der Waals surface area contributed by atoms with Gasteiger partial charge >= 0.3 is 6.18 Å². The maximum absolute atomic E-state index is 13.8. The smallest absolute Gasteiger partial charge is 0.373 e. The lowest BCUT2D eigenvalue weighted by Crippen LogP contribution is -2.47. The molecule has 2 aliphatic rings. The third kappa shape index (κ3) is 4.71. The highest BCUT2D eigenvalue weighted by atomic mass is 19.4. The van der Waals surface area contributed by atoms with Crippen LogP contribution in [0.1, 0.15) is 48.7 Å². The van der Waals surface area contributed by atoms with E-state index in [1.165, 1.54) is 10.7 Å². The molecule has 0 spiro atoms. The molecule has 0 saturated carbocycles. The van der Waals surface area contributed by atoms with Crippen molar-refractivity contribution >= 4 is 5.96 Å². The SMILES string of the molecule is CCNC(=NCc1ccc(-n2nc(C)cc2C)cc1C(F)(F)F)NC1CC2CCC1O2.